The van der Waals surface area contributed by atoms with E-state index in [1.54, 1.807) is 36.4 Å². The van der Waals surface area contributed by atoms with E-state index in [2.05, 4.69) is 10.0 Å². The highest BCUT2D eigenvalue weighted by atomic mass is 35.5. The molecule has 2 aromatic carbocycles. The molecule has 0 aliphatic rings. The molecule has 0 spiro atoms. The van der Waals surface area contributed by atoms with Crippen LogP contribution in [0.2, 0.25) is 5.02 Å². The van der Waals surface area contributed by atoms with Gasteiger partial charge >= 0.3 is 0 Å². The van der Waals surface area contributed by atoms with Gasteiger partial charge in [0.15, 0.2) is 5.78 Å². The molecule has 5 nitrogen and oxygen atoms in total. The molecule has 0 atom stereocenters. The number of carbonyl (C=O) groups is 1. The zero-order chi connectivity index (χ0) is 16.9. The Labute approximate surface area is 140 Å². The topological polar surface area (TPSA) is 75.3 Å². The second kappa shape index (κ2) is 7.48. The summed E-state index contributed by atoms with van der Waals surface area (Å²) in [5, 5.41) is 3.77. The summed E-state index contributed by atoms with van der Waals surface area (Å²) in [6.07, 6.45) is 1.40. The van der Waals surface area contributed by atoms with Crippen molar-refractivity contribution in [1.29, 1.82) is 0 Å². The third-order valence-corrected chi connectivity index (χ3v) is 3.86. The number of anilines is 2. The lowest BCUT2D eigenvalue weighted by atomic mass is 10.1. The van der Waals surface area contributed by atoms with E-state index >= 15 is 0 Å². The van der Waals surface area contributed by atoms with Gasteiger partial charge in [0.1, 0.15) is 0 Å². The van der Waals surface area contributed by atoms with Crippen molar-refractivity contribution < 1.29 is 13.2 Å². The van der Waals surface area contributed by atoms with Crippen molar-refractivity contribution in [3.63, 3.8) is 0 Å². The molecule has 0 aliphatic heterocycles. The van der Waals surface area contributed by atoms with Gasteiger partial charge < -0.3 is 5.32 Å². The number of hydrogen-bond acceptors (Lipinski definition) is 4. The fourth-order valence-corrected chi connectivity index (χ4v) is 2.76. The molecule has 0 saturated carbocycles. The highest BCUT2D eigenvalue weighted by Crippen LogP contribution is 2.15. The molecular formula is C16H17ClN2O3S. The molecular weight excluding hydrogens is 336 g/mol. The quantitative estimate of drug-likeness (QED) is 0.749. The van der Waals surface area contributed by atoms with Gasteiger partial charge in [-0.15, -0.1) is 0 Å². The predicted molar refractivity (Wildman–Crippen MR) is 93.8 cm³/mol. The summed E-state index contributed by atoms with van der Waals surface area (Å²) in [5.41, 5.74) is 1.83. The summed E-state index contributed by atoms with van der Waals surface area (Å²) in [6.45, 7) is 0.489. The van der Waals surface area contributed by atoms with Crippen LogP contribution in [0.5, 0.6) is 0 Å². The van der Waals surface area contributed by atoms with Gasteiger partial charge in [-0.3, -0.25) is 9.52 Å². The maximum atomic E-state index is 12.1. The second-order valence-electron chi connectivity index (χ2n) is 5.06. The van der Waals surface area contributed by atoms with Gasteiger partial charge in [-0.05, 0) is 42.5 Å². The summed E-state index contributed by atoms with van der Waals surface area (Å²) in [4.78, 5) is 12.1. The summed E-state index contributed by atoms with van der Waals surface area (Å²) >= 11 is 5.89. The Balaban J connectivity index is 1.88. The molecule has 23 heavy (non-hydrogen) atoms. The third-order valence-electron chi connectivity index (χ3n) is 3.02. The van der Waals surface area contributed by atoms with Crippen molar-refractivity contribution in [3.8, 4) is 0 Å². The maximum absolute atomic E-state index is 12.1. The Hall–Kier alpha value is -2.05. The van der Waals surface area contributed by atoms with E-state index in [1.807, 2.05) is 12.1 Å². The molecule has 0 radical (unpaired) electrons. The van der Waals surface area contributed by atoms with Gasteiger partial charge in [-0.25, -0.2) is 8.42 Å². The van der Waals surface area contributed by atoms with E-state index in [0.717, 1.165) is 11.9 Å². The second-order valence-corrected chi connectivity index (χ2v) is 7.25. The van der Waals surface area contributed by atoms with E-state index in [1.165, 1.54) is 0 Å². The van der Waals surface area contributed by atoms with Crippen molar-refractivity contribution in [2.45, 2.75) is 6.42 Å². The number of hydrogen-bond donors (Lipinski definition) is 2. The summed E-state index contributed by atoms with van der Waals surface area (Å²) in [5.74, 6) is -0.0227. The Bertz CT molecular complexity index is 789. The fourth-order valence-electron chi connectivity index (χ4n) is 2.00. The van der Waals surface area contributed by atoms with Crippen LogP contribution >= 0.6 is 11.6 Å². The SMILES string of the molecule is CS(=O)(=O)Nc1ccc(C(=O)CCNc2cccc(Cl)c2)cc1. The first-order valence-electron chi connectivity index (χ1n) is 6.94. The summed E-state index contributed by atoms with van der Waals surface area (Å²) in [7, 11) is -3.31. The largest absolute Gasteiger partial charge is 0.385 e. The lowest BCUT2D eigenvalue weighted by Crippen LogP contribution is -2.11. The average Bonchev–Trinajstić information content (AvgIpc) is 2.46. The van der Waals surface area contributed by atoms with Crippen LogP contribution in [0, 0.1) is 0 Å². The van der Waals surface area contributed by atoms with E-state index < -0.39 is 10.0 Å². The highest BCUT2D eigenvalue weighted by Gasteiger charge is 2.07. The Morgan fingerprint density at radius 2 is 1.78 bits per heavy atom. The Morgan fingerprint density at radius 1 is 1.09 bits per heavy atom. The molecule has 2 rings (SSSR count). The molecule has 2 N–H and O–H groups in total. The van der Waals surface area contributed by atoms with Crippen molar-refractivity contribution in [2.75, 3.05) is 22.8 Å². The van der Waals surface area contributed by atoms with Crippen LogP contribution in [0.15, 0.2) is 48.5 Å². The molecule has 7 heteroatoms. The molecule has 0 aliphatic carbocycles. The molecule has 0 saturated heterocycles. The lowest BCUT2D eigenvalue weighted by molar-refractivity contribution is 0.0986. The number of halogens is 1. The van der Waals surface area contributed by atoms with Gasteiger partial charge in [-0.2, -0.15) is 0 Å². The third kappa shape index (κ3) is 5.92. The van der Waals surface area contributed by atoms with E-state index in [9.17, 15) is 13.2 Å². The average molecular weight is 353 g/mol. The number of ketones is 1. The molecule has 0 unspecified atom stereocenters. The minimum atomic E-state index is -3.31. The number of carbonyl (C=O) groups excluding carboxylic acids is 1. The Kier molecular flexibility index (Phi) is 5.63. The van der Waals surface area contributed by atoms with Gasteiger partial charge in [0.2, 0.25) is 10.0 Å². The molecule has 0 aromatic heterocycles. The number of sulfonamides is 1. The van der Waals surface area contributed by atoms with Crippen LogP contribution in [-0.4, -0.2) is 27.0 Å². The zero-order valence-corrected chi connectivity index (χ0v) is 14.1. The summed E-state index contributed by atoms with van der Waals surface area (Å²) < 4.78 is 24.6. The Morgan fingerprint density at radius 3 is 2.39 bits per heavy atom. The molecule has 0 bridgehead atoms. The molecule has 0 amide bonds. The van der Waals surface area contributed by atoms with Crippen LogP contribution in [0.4, 0.5) is 11.4 Å². The van der Waals surface area contributed by atoms with Crippen molar-refractivity contribution in [2.24, 2.45) is 0 Å². The molecule has 122 valence electrons. The highest BCUT2D eigenvalue weighted by molar-refractivity contribution is 7.92. The van der Waals surface area contributed by atoms with Crippen LogP contribution in [0.1, 0.15) is 16.8 Å². The fraction of sp³-hybridized carbons (Fsp3) is 0.188. The standard InChI is InChI=1S/C16H17ClN2O3S/c1-23(21,22)19-14-7-5-12(6-8-14)16(20)9-10-18-15-4-2-3-13(17)11-15/h2-8,11,18-19H,9-10H2,1H3. The minimum absolute atomic E-state index is 0.0227. The lowest BCUT2D eigenvalue weighted by Gasteiger charge is -2.07. The number of benzene rings is 2. The number of Topliss-reactive ketones (excluding diaryl/α,β-unsaturated/α-hetero) is 1. The van der Waals surface area contributed by atoms with Crippen molar-refractivity contribution >= 4 is 38.8 Å². The maximum Gasteiger partial charge on any atom is 0.229 e. The minimum Gasteiger partial charge on any atom is -0.385 e. The number of nitrogens with one attached hydrogen (secondary N) is 2. The van der Waals surface area contributed by atoms with Crippen molar-refractivity contribution in [1.82, 2.24) is 0 Å². The van der Waals surface area contributed by atoms with E-state index in [-0.39, 0.29) is 5.78 Å². The van der Waals surface area contributed by atoms with Gasteiger partial charge in [0.25, 0.3) is 0 Å². The normalized spacial score (nSPS) is 11.0. The van der Waals surface area contributed by atoms with Gasteiger partial charge in [0.05, 0.1) is 6.26 Å². The monoisotopic (exact) mass is 352 g/mol. The molecule has 2 aromatic rings. The van der Waals surface area contributed by atoms with Crippen LogP contribution in [0.25, 0.3) is 0 Å². The van der Waals surface area contributed by atoms with E-state index in [4.69, 9.17) is 11.6 Å². The summed E-state index contributed by atoms with van der Waals surface area (Å²) in [6, 6.07) is 13.6. The van der Waals surface area contributed by atoms with Gasteiger partial charge in [0, 0.05) is 34.9 Å². The first-order valence-corrected chi connectivity index (χ1v) is 9.21. The van der Waals surface area contributed by atoms with Crippen LogP contribution in [-0.2, 0) is 10.0 Å². The zero-order valence-electron chi connectivity index (χ0n) is 12.5. The molecule has 0 heterocycles. The predicted octanol–water partition coefficient (Wildman–Crippen LogP) is 3.40. The number of rotatable bonds is 7. The van der Waals surface area contributed by atoms with Crippen LogP contribution < -0.4 is 10.0 Å². The van der Waals surface area contributed by atoms with Crippen LogP contribution in [0.3, 0.4) is 0 Å². The van der Waals surface area contributed by atoms with Crippen molar-refractivity contribution in [3.05, 3.63) is 59.1 Å². The van der Waals surface area contributed by atoms with E-state index in [0.29, 0.717) is 29.2 Å². The molecule has 0 fully saturated rings. The smallest absolute Gasteiger partial charge is 0.229 e. The van der Waals surface area contributed by atoms with Gasteiger partial charge in [-0.1, -0.05) is 17.7 Å². The first-order chi connectivity index (χ1) is 10.8. The first kappa shape index (κ1) is 17.3.